The molecule has 2 aromatic rings. The van der Waals surface area contributed by atoms with E-state index in [1.165, 1.54) is 0 Å². The topological polar surface area (TPSA) is 73.6 Å². The van der Waals surface area contributed by atoms with Crippen molar-refractivity contribution in [1.29, 1.82) is 0 Å². The first-order valence-corrected chi connectivity index (χ1v) is 6.68. The molecule has 0 aliphatic carbocycles. The molecule has 1 aliphatic heterocycles. The van der Waals surface area contributed by atoms with Crippen LogP contribution >= 0.6 is 15.9 Å². The summed E-state index contributed by atoms with van der Waals surface area (Å²) in [6, 6.07) is 10.3. The van der Waals surface area contributed by atoms with Crippen molar-refractivity contribution in [3.05, 3.63) is 46.4 Å². The molecule has 0 fully saturated rings. The Bertz CT molecular complexity index is 668. The molecule has 102 valence electrons. The lowest BCUT2D eigenvalue weighted by molar-refractivity contribution is 0.102. The van der Waals surface area contributed by atoms with Gasteiger partial charge in [0.05, 0.1) is 0 Å². The van der Waals surface area contributed by atoms with Crippen LogP contribution in [0.5, 0.6) is 11.5 Å². The minimum Gasteiger partial charge on any atom is -0.454 e. The molecular weight excluding hydrogens is 324 g/mol. The van der Waals surface area contributed by atoms with Gasteiger partial charge in [-0.3, -0.25) is 4.79 Å². The Hall–Kier alpha value is -2.21. The molecule has 1 aliphatic rings. The largest absolute Gasteiger partial charge is 0.454 e. The Balaban J connectivity index is 1.82. The number of amides is 1. The van der Waals surface area contributed by atoms with Crippen LogP contribution in [0.2, 0.25) is 0 Å². The van der Waals surface area contributed by atoms with Crippen molar-refractivity contribution >= 4 is 33.2 Å². The highest BCUT2D eigenvalue weighted by Crippen LogP contribution is 2.34. The van der Waals surface area contributed by atoms with Gasteiger partial charge in [-0.25, -0.2) is 0 Å². The lowest BCUT2D eigenvalue weighted by Gasteiger charge is -2.07. The van der Waals surface area contributed by atoms with Crippen molar-refractivity contribution in [2.75, 3.05) is 17.8 Å². The molecule has 3 rings (SSSR count). The number of hydrogen-bond acceptors (Lipinski definition) is 4. The predicted molar refractivity (Wildman–Crippen MR) is 79.1 cm³/mol. The normalized spacial score (nSPS) is 12.2. The van der Waals surface area contributed by atoms with Gasteiger partial charge in [-0.1, -0.05) is 15.9 Å². The van der Waals surface area contributed by atoms with Crippen LogP contribution < -0.4 is 20.5 Å². The van der Waals surface area contributed by atoms with Crippen LogP contribution in [0.3, 0.4) is 0 Å². The zero-order chi connectivity index (χ0) is 14.1. The highest BCUT2D eigenvalue weighted by molar-refractivity contribution is 9.10. The number of benzene rings is 2. The molecular formula is C14H11BrN2O3. The van der Waals surface area contributed by atoms with Crippen molar-refractivity contribution in [3.63, 3.8) is 0 Å². The third-order valence-electron chi connectivity index (χ3n) is 2.81. The summed E-state index contributed by atoms with van der Waals surface area (Å²) >= 11 is 3.31. The van der Waals surface area contributed by atoms with E-state index in [-0.39, 0.29) is 12.7 Å². The van der Waals surface area contributed by atoms with Gasteiger partial charge < -0.3 is 20.5 Å². The summed E-state index contributed by atoms with van der Waals surface area (Å²) in [7, 11) is 0. The molecule has 3 N–H and O–H groups in total. The van der Waals surface area contributed by atoms with Gasteiger partial charge in [-0.2, -0.15) is 0 Å². The molecule has 0 saturated carbocycles. The Morgan fingerprint density at radius 1 is 1.15 bits per heavy atom. The number of ether oxygens (including phenoxy) is 2. The van der Waals surface area contributed by atoms with Gasteiger partial charge in [-0.15, -0.1) is 0 Å². The molecule has 1 heterocycles. The Morgan fingerprint density at radius 2 is 1.95 bits per heavy atom. The van der Waals surface area contributed by atoms with Crippen LogP contribution in [-0.2, 0) is 0 Å². The average molecular weight is 335 g/mol. The van der Waals surface area contributed by atoms with Crippen molar-refractivity contribution < 1.29 is 14.3 Å². The summed E-state index contributed by atoms with van der Waals surface area (Å²) in [5, 5.41) is 2.79. The highest BCUT2D eigenvalue weighted by Gasteiger charge is 2.15. The summed E-state index contributed by atoms with van der Waals surface area (Å²) in [6.45, 7) is 0.203. The van der Waals surface area contributed by atoms with Crippen molar-refractivity contribution in [2.45, 2.75) is 0 Å². The van der Waals surface area contributed by atoms with Crippen molar-refractivity contribution in [3.8, 4) is 11.5 Å². The molecule has 6 heteroatoms. The molecule has 5 nitrogen and oxygen atoms in total. The molecule has 2 aromatic carbocycles. The minimum absolute atomic E-state index is 0.203. The van der Waals surface area contributed by atoms with Gasteiger partial charge in [-0.05, 0) is 30.3 Å². The molecule has 0 unspecified atom stereocenters. The number of carbonyl (C=O) groups is 1. The summed E-state index contributed by atoms with van der Waals surface area (Å²) in [5.41, 5.74) is 7.36. The van der Waals surface area contributed by atoms with Gasteiger partial charge in [0.2, 0.25) is 6.79 Å². The number of nitrogens with two attached hydrogens (primary N) is 1. The van der Waals surface area contributed by atoms with E-state index >= 15 is 0 Å². The number of carbonyl (C=O) groups excluding carboxylic acids is 1. The molecule has 0 saturated heterocycles. The third kappa shape index (κ3) is 2.55. The van der Waals surface area contributed by atoms with E-state index in [4.69, 9.17) is 15.2 Å². The van der Waals surface area contributed by atoms with E-state index < -0.39 is 0 Å². The Morgan fingerprint density at radius 3 is 2.75 bits per heavy atom. The van der Waals surface area contributed by atoms with E-state index in [1.54, 1.807) is 36.4 Å². The second-order valence-corrected chi connectivity index (χ2v) is 5.21. The zero-order valence-corrected chi connectivity index (χ0v) is 11.9. The summed E-state index contributed by atoms with van der Waals surface area (Å²) in [4.78, 5) is 12.2. The first kappa shape index (κ1) is 12.8. The van der Waals surface area contributed by atoms with Gasteiger partial charge >= 0.3 is 0 Å². The van der Waals surface area contributed by atoms with Crippen molar-refractivity contribution in [1.82, 2.24) is 0 Å². The van der Waals surface area contributed by atoms with Crippen LogP contribution in [0, 0.1) is 0 Å². The number of hydrogen-bond donors (Lipinski definition) is 2. The van der Waals surface area contributed by atoms with Gasteiger partial charge in [0.15, 0.2) is 11.5 Å². The first-order valence-electron chi connectivity index (χ1n) is 5.89. The standard InChI is InChI=1S/C14H11BrN2O3/c15-9-3-8(4-10(16)5-9)14(18)17-11-1-2-12-13(6-11)20-7-19-12/h1-6H,7,16H2,(H,17,18). The Labute approximate surface area is 123 Å². The third-order valence-corrected chi connectivity index (χ3v) is 3.27. The maximum atomic E-state index is 12.2. The molecule has 0 aromatic heterocycles. The second kappa shape index (κ2) is 5.05. The fourth-order valence-corrected chi connectivity index (χ4v) is 2.43. The number of fused-ring (bicyclic) bond motifs is 1. The number of rotatable bonds is 2. The Kier molecular flexibility index (Phi) is 3.23. The zero-order valence-electron chi connectivity index (χ0n) is 10.4. The number of anilines is 2. The van der Waals surface area contributed by atoms with Crippen LogP contribution in [0.25, 0.3) is 0 Å². The van der Waals surface area contributed by atoms with Gasteiger partial charge in [0, 0.05) is 27.5 Å². The predicted octanol–water partition coefficient (Wildman–Crippen LogP) is 3.01. The molecule has 1 amide bonds. The fourth-order valence-electron chi connectivity index (χ4n) is 1.92. The lowest BCUT2D eigenvalue weighted by Crippen LogP contribution is -2.12. The fraction of sp³-hybridized carbons (Fsp3) is 0.0714. The minimum atomic E-state index is -0.239. The summed E-state index contributed by atoms with van der Waals surface area (Å²) in [6.07, 6.45) is 0. The molecule has 0 radical (unpaired) electrons. The molecule has 0 spiro atoms. The molecule has 0 bridgehead atoms. The maximum Gasteiger partial charge on any atom is 0.255 e. The smallest absolute Gasteiger partial charge is 0.255 e. The maximum absolute atomic E-state index is 12.2. The highest BCUT2D eigenvalue weighted by atomic mass is 79.9. The van der Waals surface area contributed by atoms with Crippen molar-refractivity contribution in [2.24, 2.45) is 0 Å². The number of nitrogen functional groups attached to an aromatic ring is 1. The van der Waals surface area contributed by atoms with E-state index in [1.807, 2.05) is 0 Å². The second-order valence-electron chi connectivity index (χ2n) is 4.30. The van der Waals surface area contributed by atoms with E-state index in [0.29, 0.717) is 28.4 Å². The van der Waals surface area contributed by atoms with E-state index in [9.17, 15) is 4.79 Å². The molecule has 20 heavy (non-hydrogen) atoms. The van der Waals surface area contributed by atoms with Crippen LogP contribution in [0.1, 0.15) is 10.4 Å². The number of nitrogens with one attached hydrogen (secondary N) is 1. The lowest BCUT2D eigenvalue weighted by atomic mass is 10.2. The van der Waals surface area contributed by atoms with Gasteiger partial charge in [0.1, 0.15) is 0 Å². The van der Waals surface area contributed by atoms with E-state index in [2.05, 4.69) is 21.2 Å². The summed E-state index contributed by atoms with van der Waals surface area (Å²) < 4.78 is 11.2. The van der Waals surface area contributed by atoms with Crippen LogP contribution in [0.15, 0.2) is 40.9 Å². The van der Waals surface area contributed by atoms with E-state index in [0.717, 1.165) is 4.47 Å². The van der Waals surface area contributed by atoms with Crippen LogP contribution in [0.4, 0.5) is 11.4 Å². The monoisotopic (exact) mass is 334 g/mol. The van der Waals surface area contributed by atoms with Crippen LogP contribution in [-0.4, -0.2) is 12.7 Å². The summed E-state index contributed by atoms with van der Waals surface area (Å²) in [5.74, 6) is 1.06. The SMILES string of the molecule is Nc1cc(Br)cc(C(=O)Nc2ccc3c(c2)OCO3)c1. The molecule has 0 atom stereocenters. The quantitative estimate of drug-likeness (QED) is 0.828. The average Bonchev–Trinajstić information content (AvgIpc) is 2.85. The first-order chi connectivity index (χ1) is 9.61. The van der Waals surface area contributed by atoms with Gasteiger partial charge in [0.25, 0.3) is 5.91 Å². The number of halogens is 1.